The van der Waals surface area contributed by atoms with Crippen LogP contribution in [0, 0.1) is 5.82 Å². The molecule has 1 heterocycles. The average molecular weight is 420 g/mol. The monoisotopic (exact) mass is 420 g/mol. The van der Waals surface area contributed by atoms with Gasteiger partial charge >= 0.3 is 5.97 Å². The number of sulfonamides is 1. The topological polar surface area (TPSA) is 92.8 Å². The summed E-state index contributed by atoms with van der Waals surface area (Å²) in [7, 11) is -3.67. The number of halogens is 1. The van der Waals surface area contributed by atoms with Gasteiger partial charge in [0.25, 0.3) is 5.91 Å². The van der Waals surface area contributed by atoms with E-state index in [4.69, 9.17) is 4.74 Å². The van der Waals surface area contributed by atoms with Crippen molar-refractivity contribution in [2.24, 2.45) is 0 Å². The lowest BCUT2D eigenvalue weighted by molar-refractivity contribution is -0.123. The van der Waals surface area contributed by atoms with Crippen LogP contribution in [0.4, 0.5) is 10.1 Å². The Morgan fingerprint density at radius 3 is 2.48 bits per heavy atom. The maximum Gasteiger partial charge on any atom is 0.338 e. The van der Waals surface area contributed by atoms with Crippen LogP contribution in [0.1, 0.15) is 30.1 Å². The van der Waals surface area contributed by atoms with Crippen LogP contribution in [-0.4, -0.2) is 43.8 Å². The summed E-state index contributed by atoms with van der Waals surface area (Å²) in [6.07, 6.45) is 0.447. The molecule has 0 aromatic heterocycles. The van der Waals surface area contributed by atoms with E-state index in [0.717, 1.165) is 18.9 Å². The van der Waals surface area contributed by atoms with Gasteiger partial charge in [-0.25, -0.2) is 17.6 Å². The third kappa shape index (κ3) is 4.99. The Morgan fingerprint density at radius 1 is 1.10 bits per heavy atom. The van der Waals surface area contributed by atoms with Crippen molar-refractivity contribution in [3.63, 3.8) is 0 Å². The molecule has 9 heteroatoms. The molecule has 1 aliphatic heterocycles. The van der Waals surface area contributed by atoms with Crippen molar-refractivity contribution >= 4 is 27.6 Å². The summed E-state index contributed by atoms with van der Waals surface area (Å²) in [5.74, 6) is -1.97. The number of amides is 1. The van der Waals surface area contributed by atoms with E-state index in [2.05, 4.69) is 5.32 Å². The molecule has 1 aliphatic rings. The fraction of sp³-hybridized carbons (Fsp3) is 0.300. The molecule has 1 N–H and O–H groups in total. The molecular weight excluding hydrogens is 399 g/mol. The number of rotatable bonds is 6. The summed E-state index contributed by atoms with van der Waals surface area (Å²) in [5, 5.41) is 2.45. The average Bonchev–Trinajstić information content (AvgIpc) is 3.23. The highest BCUT2D eigenvalue weighted by atomic mass is 32.2. The summed E-state index contributed by atoms with van der Waals surface area (Å²) in [4.78, 5) is 24.6. The summed E-state index contributed by atoms with van der Waals surface area (Å²) < 4.78 is 45.0. The lowest BCUT2D eigenvalue weighted by atomic mass is 10.2. The molecule has 154 valence electrons. The molecule has 29 heavy (non-hydrogen) atoms. The van der Waals surface area contributed by atoms with Gasteiger partial charge in [-0.15, -0.1) is 0 Å². The predicted octanol–water partition coefficient (Wildman–Crippen LogP) is 2.79. The van der Waals surface area contributed by atoms with Crippen LogP contribution in [0.15, 0.2) is 53.4 Å². The standard InChI is InChI=1S/C20H21FN2O5S/c1-14(19(24)22-17-8-5-7-16(21)13-17)28-20(25)15-6-4-9-18(12-15)29(26,27)23-10-2-3-11-23/h4-9,12-14H,2-3,10-11H2,1H3,(H,22,24)/t14-/m1/s1. The van der Waals surface area contributed by atoms with Crippen molar-refractivity contribution in [3.05, 3.63) is 59.9 Å². The Kier molecular flexibility index (Phi) is 6.29. The van der Waals surface area contributed by atoms with E-state index in [0.29, 0.717) is 13.1 Å². The Morgan fingerprint density at radius 2 is 1.79 bits per heavy atom. The van der Waals surface area contributed by atoms with E-state index in [1.165, 1.54) is 53.7 Å². The zero-order valence-corrected chi connectivity index (χ0v) is 16.6. The molecule has 7 nitrogen and oxygen atoms in total. The van der Waals surface area contributed by atoms with Crippen molar-refractivity contribution in [2.45, 2.75) is 30.8 Å². The number of ether oxygens (including phenoxy) is 1. The number of carbonyl (C=O) groups excluding carboxylic acids is 2. The van der Waals surface area contributed by atoms with E-state index in [1.54, 1.807) is 0 Å². The molecule has 1 saturated heterocycles. The first-order valence-electron chi connectivity index (χ1n) is 9.15. The van der Waals surface area contributed by atoms with Gasteiger partial charge in [-0.2, -0.15) is 4.31 Å². The molecule has 1 fully saturated rings. The minimum Gasteiger partial charge on any atom is -0.449 e. The van der Waals surface area contributed by atoms with Gasteiger partial charge in [-0.1, -0.05) is 12.1 Å². The molecule has 0 aliphatic carbocycles. The maximum atomic E-state index is 13.2. The van der Waals surface area contributed by atoms with Crippen molar-refractivity contribution in [3.8, 4) is 0 Å². The molecule has 1 amide bonds. The van der Waals surface area contributed by atoms with Crippen molar-refractivity contribution < 1.29 is 27.1 Å². The molecule has 0 unspecified atom stereocenters. The second-order valence-electron chi connectivity index (χ2n) is 6.69. The molecule has 1 atom stereocenters. The molecule has 0 saturated carbocycles. The number of nitrogens with zero attached hydrogens (tertiary/aromatic N) is 1. The van der Waals surface area contributed by atoms with Crippen LogP contribution in [0.2, 0.25) is 0 Å². The number of esters is 1. The Labute approximate surface area is 168 Å². The summed E-state index contributed by atoms with van der Waals surface area (Å²) in [5.41, 5.74) is 0.257. The second kappa shape index (κ2) is 8.71. The molecular formula is C20H21FN2O5S. The molecule has 0 spiro atoms. The zero-order valence-electron chi connectivity index (χ0n) is 15.8. The first kappa shape index (κ1) is 20.9. The lowest BCUT2D eigenvalue weighted by Crippen LogP contribution is -2.30. The number of nitrogens with one attached hydrogen (secondary N) is 1. The van der Waals surface area contributed by atoms with Crippen LogP contribution >= 0.6 is 0 Å². The number of anilines is 1. The van der Waals surface area contributed by atoms with Crippen LogP contribution in [0.5, 0.6) is 0 Å². The first-order valence-corrected chi connectivity index (χ1v) is 10.6. The van der Waals surface area contributed by atoms with Gasteiger partial charge in [0.2, 0.25) is 10.0 Å². The quantitative estimate of drug-likeness (QED) is 0.726. The van der Waals surface area contributed by atoms with Crippen LogP contribution < -0.4 is 5.32 Å². The third-order valence-corrected chi connectivity index (χ3v) is 6.41. The Balaban J connectivity index is 1.68. The van der Waals surface area contributed by atoms with Crippen molar-refractivity contribution in [2.75, 3.05) is 18.4 Å². The summed E-state index contributed by atoms with van der Waals surface area (Å²) in [6, 6.07) is 10.9. The zero-order chi connectivity index (χ0) is 21.0. The number of benzene rings is 2. The van der Waals surface area contributed by atoms with Crippen LogP contribution in [0.3, 0.4) is 0 Å². The highest BCUT2D eigenvalue weighted by Gasteiger charge is 2.28. The van der Waals surface area contributed by atoms with E-state index < -0.39 is 33.8 Å². The van der Waals surface area contributed by atoms with Gasteiger partial charge in [0.15, 0.2) is 6.10 Å². The Hall–Kier alpha value is -2.78. The van der Waals surface area contributed by atoms with Crippen molar-refractivity contribution in [1.29, 1.82) is 0 Å². The van der Waals surface area contributed by atoms with E-state index in [9.17, 15) is 22.4 Å². The first-order chi connectivity index (χ1) is 13.8. The number of hydrogen-bond donors (Lipinski definition) is 1. The maximum absolute atomic E-state index is 13.2. The molecule has 2 aromatic carbocycles. The third-order valence-electron chi connectivity index (χ3n) is 4.52. The fourth-order valence-corrected chi connectivity index (χ4v) is 4.52. The summed E-state index contributed by atoms with van der Waals surface area (Å²) in [6.45, 7) is 2.28. The highest BCUT2D eigenvalue weighted by Crippen LogP contribution is 2.22. The highest BCUT2D eigenvalue weighted by molar-refractivity contribution is 7.89. The molecule has 2 aromatic rings. The fourth-order valence-electron chi connectivity index (χ4n) is 2.95. The minimum absolute atomic E-state index is 0.00529. The van der Waals surface area contributed by atoms with Crippen molar-refractivity contribution in [1.82, 2.24) is 4.31 Å². The second-order valence-corrected chi connectivity index (χ2v) is 8.62. The van der Waals surface area contributed by atoms with E-state index in [-0.39, 0.29) is 16.1 Å². The molecule has 0 radical (unpaired) electrons. The largest absolute Gasteiger partial charge is 0.449 e. The van der Waals surface area contributed by atoms with Gasteiger partial charge in [0.05, 0.1) is 10.5 Å². The summed E-state index contributed by atoms with van der Waals surface area (Å²) >= 11 is 0. The van der Waals surface area contributed by atoms with Gasteiger partial charge in [0.1, 0.15) is 5.82 Å². The SMILES string of the molecule is C[C@@H](OC(=O)c1cccc(S(=O)(=O)N2CCCC2)c1)C(=O)Nc1cccc(F)c1. The number of hydrogen-bond acceptors (Lipinski definition) is 5. The smallest absolute Gasteiger partial charge is 0.338 e. The number of carbonyl (C=O) groups is 2. The van der Waals surface area contributed by atoms with Crippen LogP contribution in [-0.2, 0) is 19.6 Å². The normalized spacial score (nSPS) is 15.7. The van der Waals surface area contributed by atoms with E-state index >= 15 is 0 Å². The molecule has 0 bridgehead atoms. The lowest BCUT2D eigenvalue weighted by Gasteiger charge is -2.16. The predicted molar refractivity (Wildman–Crippen MR) is 104 cm³/mol. The van der Waals surface area contributed by atoms with E-state index in [1.807, 2.05) is 0 Å². The van der Waals surface area contributed by atoms with Gasteiger partial charge < -0.3 is 10.1 Å². The minimum atomic E-state index is -3.67. The van der Waals surface area contributed by atoms with Gasteiger partial charge in [0, 0.05) is 18.8 Å². The van der Waals surface area contributed by atoms with Gasteiger partial charge in [-0.05, 0) is 56.2 Å². The van der Waals surface area contributed by atoms with Gasteiger partial charge in [-0.3, -0.25) is 4.79 Å². The van der Waals surface area contributed by atoms with Crippen LogP contribution in [0.25, 0.3) is 0 Å². The Bertz CT molecular complexity index is 1020. The molecule has 3 rings (SSSR count).